The third kappa shape index (κ3) is 2.25. The number of rotatable bonds is 3. The maximum Gasteiger partial charge on any atom is 0.187 e. The molecule has 0 bridgehead atoms. The van der Waals surface area contributed by atoms with Crippen molar-refractivity contribution in [3.8, 4) is 0 Å². The Morgan fingerprint density at radius 1 is 1.29 bits per heavy atom. The number of carbonyl (C=O) groups excluding carboxylic acids is 1. The number of nitrogens with one attached hydrogen (secondary N) is 1. The minimum absolute atomic E-state index is 0.0881. The average Bonchev–Trinajstić information content (AvgIpc) is 3.22. The van der Waals surface area contributed by atoms with Crippen molar-refractivity contribution in [2.45, 2.75) is 12.3 Å². The van der Waals surface area contributed by atoms with Crippen molar-refractivity contribution in [1.29, 1.82) is 0 Å². The standard InChI is InChI=1S/C17H13F2N3O2/c18-12-3-1-2-11(17(12)19)15-8-24-16(7-23)22(15)10-4-5-13-14(6-10)21-9-20-13/h1-7,9,15-16H,8H2,(H,20,21)/t15-,16?/m1/s1. The van der Waals surface area contributed by atoms with Gasteiger partial charge in [-0.2, -0.15) is 0 Å². The molecule has 1 aliphatic rings. The summed E-state index contributed by atoms with van der Waals surface area (Å²) in [7, 11) is 0. The summed E-state index contributed by atoms with van der Waals surface area (Å²) in [6, 6.07) is 8.78. The highest BCUT2D eigenvalue weighted by atomic mass is 19.2. The zero-order valence-electron chi connectivity index (χ0n) is 12.4. The molecule has 1 aliphatic heterocycles. The van der Waals surface area contributed by atoms with Crippen LogP contribution in [0.5, 0.6) is 0 Å². The number of aromatic amines is 1. The predicted octanol–water partition coefficient (Wildman–Crippen LogP) is 2.94. The highest BCUT2D eigenvalue weighted by molar-refractivity contribution is 5.80. The highest BCUT2D eigenvalue weighted by Crippen LogP contribution is 2.37. The number of aromatic nitrogens is 2. The Balaban J connectivity index is 1.81. The van der Waals surface area contributed by atoms with Crippen molar-refractivity contribution in [1.82, 2.24) is 9.97 Å². The van der Waals surface area contributed by atoms with Crippen LogP contribution in [0.1, 0.15) is 11.6 Å². The molecule has 0 saturated carbocycles. The van der Waals surface area contributed by atoms with Crippen LogP contribution in [0.25, 0.3) is 11.0 Å². The molecule has 0 spiro atoms. The fourth-order valence-corrected chi connectivity index (χ4v) is 3.06. The number of nitrogens with zero attached hydrogens (tertiary/aromatic N) is 2. The van der Waals surface area contributed by atoms with Gasteiger partial charge in [0.25, 0.3) is 0 Å². The van der Waals surface area contributed by atoms with Crippen LogP contribution in [0, 0.1) is 11.6 Å². The van der Waals surface area contributed by atoms with Gasteiger partial charge in [-0.3, -0.25) is 4.79 Å². The number of imidazole rings is 1. The number of ether oxygens (including phenoxy) is 1. The number of aldehydes is 1. The van der Waals surface area contributed by atoms with E-state index in [-0.39, 0.29) is 12.2 Å². The number of hydrogen-bond donors (Lipinski definition) is 1. The molecule has 2 atom stereocenters. The summed E-state index contributed by atoms with van der Waals surface area (Å²) in [5.41, 5.74) is 2.37. The maximum atomic E-state index is 14.2. The van der Waals surface area contributed by atoms with Gasteiger partial charge in [0, 0.05) is 11.3 Å². The minimum Gasteiger partial charge on any atom is -0.349 e. The maximum absolute atomic E-state index is 14.2. The minimum atomic E-state index is -0.926. The van der Waals surface area contributed by atoms with Crippen LogP contribution in [-0.2, 0) is 9.53 Å². The average molecular weight is 329 g/mol. The van der Waals surface area contributed by atoms with E-state index in [4.69, 9.17) is 4.74 Å². The molecule has 5 nitrogen and oxygen atoms in total. The molecule has 1 aromatic heterocycles. The molecule has 4 rings (SSSR count). The Labute approximate surface area is 135 Å². The number of benzene rings is 2. The summed E-state index contributed by atoms with van der Waals surface area (Å²) in [6.07, 6.45) is 1.35. The van der Waals surface area contributed by atoms with Gasteiger partial charge in [-0.25, -0.2) is 13.8 Å². The number of halogens is 2. The van der Waals surface area contributed by atoms with Crippen molar-refractivity contribution in [2.24, 2.45) is 0 Å². The van der Waals surface area contributed by atoms with E-state index >= 15 is 0 Å². The molecule has 3 aromatic rings. The topological polar surface area (TPSA) is 58.2 Å². The van der Waals surface area contributed by atoms with Crippen LogP contribution in [0.15, 0.2) is 42.7 Å². The number of H-pyrrole nitrogens is 1. The van der Waals surface area contributed by atoms with E-state index in [0.29, 0.717) is 12.0 Å². The fourth-order valence-electron chi connectivity index (χ4n) is 3.06. The Kier molecular flexibility index (Phi) is 3.50. The largest absolute Gasteiger partial charge is 0.349 e. The lowest BCUT2D eigenvalue weighted by molar-refractivity contribution is -0.115. The zero-order valence-corrected chi connectivity index (χ0v) is 12.4. The van der Waals surface area contributed by atoms with Crippen molar-refractivity contribution in [3.05, 3.63) is 59.9 Å². The van der Waals surface area contributed by atoms with Crippen molar-refractivity contribution < 1.29 is 18.3 Å². The molecule has 122 valence electrons. The molecule has 0 amide bonds. The molecular weight excluding hydrogens is 316 g/mol. The van der Waals surface area contributed by atoms with Gasteiger partial charge in [-0.05, 0) is 24.3 Å². The van der Waals surface area contributed by atoms with Gasteiger partial charge in [0.1, 0.15) is 0 Å². The summed E-state index contributed by atoms with van der Waals surface area (Å²) in [4.78, 5) is 20.2. The molecule has 2 heterocycles. The predicted molar refractivity (Wildman–Crippen MR) is 83.5 cm³/mol. The second kappa shape index (κ2) is 5.68. The van der Waals surface area contributed by atoms with Crippen LogP contribution in [-0.4, -0.2) is 29.1 Å². The van der Waals surface area contributed by atoms with Crippen LogP contribution < -0.4 is 4.90 Å². The number of fused-ring (bicyclic) bond motifs is 1. The van der Waals surface area contributed by atoms with Crippen LogP contribution in [0.2, 0.25) is 0 Å². The number of carbonyl (C=O) groups is 1. The van der Waals surface area contributed by atoms with Gasteiger partial charge >= 0.3 is 0 Å². The summed E-state index contributed by atoms with van der Waals surface area (Å²) >= 11 is 0. The lowest BCUT2D eigenvalue weighted by Crippen LogP contribution is -2.33. The van der Waals surface area contributed by atoms with Crippen molar-refractivity contribution in [3.63, 3.8) is 0 Å². The molecule has 0 aliphatic carbocycles. The molecule has 24 heavy (non-hydrogen) atoms. The third-order valence-electron chi connectivity index (χ3n) is 4.19. The zero-order chi connectivity index (χ0) is 16.7. The molecule has 1 unspecified atom stereocenters. The first-order valence-corrected chi connectivity index (χ1v) is 7.41. The highest BCUT2D eigenvalue weighted by Gasteiger charge is 2.37. The van der Waals surface area contributed by atoms with Crippen LogP contribution in [0.3, 0.4) is 0 Å². The van der Waals surface area contributed by atoms with Crippen LogP contribution >= 0.6 is 0 Å². The first-order valence-electron chi connectivity index (χ1n) is 7.41. The van der Waals surface area contributed by atoms with E-state index in [9.17, 15) is 13.6 Å². The Hall–Kier alpha value is -2.80. The molecule has 2 aromatic carbocycles. The van der Waals surface area contributed by atoms with E-state index in [0.717, 1.165) is 17.1 Å². The Morgan fingerprint density at radius 3 is 3.00 bits per heavy atom. The molecule has 1 saturated heterocycles. The van der Waals surface area contributed by atoms with Crippen LogP contribution in [0.4, 0.5) is 14.5 Å². The van der Waals surface area contributed by atoms with E-state index in [1.807, 2.05) is 0 Å². The molecular formula is C17H13F2N3O2. The summed E-state index contributed by atoms with van der Waals surface area (Å²) in [5.74, 6) is -1.85. The quantitative estimate of drug-likeness (QED) is 0.751. The van der Waals surface area contributed by atoms with E-state index in [2.05, 4.69) is 9.97 Å². The Bertz CT molecular complexity index is 912. The van der Waals surface area contributed by atoms with Crippen molar-refractivity contribution in [2.75, 3.05) is 11.5 Å². The number of hydrogen-bond acceptors (Lipinski definition) is 4. The SMILES string of the molecule is O=CC1OC[C@H](c2cccc(F)c2F)N1c1ccc2nc[nH]c2c1. The van der Waals surface area contributed by atoms with Gasteiger partial charge in [-0.15, -0.1) is 0 Å². The monoisotopic (exact) mass is 329 g/mol. The van der Waals surface area contributed by atoms with E-state index < -0.39 is 23.9 Å². The number of anilines is 1. The summed E-state index contributed by atoms with van der Waals surface area (Å²) in [6.45, 7) is 0.0881. The van der Waals surface area contributed by atoms with Crippen molar-refractivity contribution >= 4 is 23.0 Å². The summed E-state index contributed by atoms with van der Waals surface area (Å²) < 4.78 is 33.3. The molecule has 1 fully saturated rings. The smallest absolute Gasteiger partial charge is 0.187 e. The van der Waals surface area contributed by atoms with Gasteiger partial charge in [0.2, 0.25) is 0 Å². The lowest BCUT2D eigenvalue weighted by atomic mass is 10.0. The van der Waals surface area contributed by atoms with Gasteiger partial charge in [0.15, 0.2) is 24.1 Å². The third-order valence-corrected chi connectivity index (χ3v) is 4.19. The second-order valence-corrected chi connectivity index (χ2v) is 5.53. The molecule has 1 N–H and O–H groups in total. The normalized spacial score (nSPS) is 20.7. The lowest BCUT2D eigenvalue weighted by Gasteiger charge is -2.28. The second-order valence-electron chi connectivity index (χ2n) is 5.53. The van der Waals surface area contributed by atoms with Gasteiger partial charge in [-0.1, -0.05) is 12.1 Å². The first-order chi connectivity index (χ1) is 11.7. The van der Waals surface area contributed by atoms with Gasteiger partial charge in [0.05, 0.1) is 30.0 Å². The molecule has 7 heteroatoms. The fraction of sp³-hybridized carbons (Fsp3) is 0.176. The summed E-state index contributed by atoms with van der Waals surface area (Å²) in [5, 5.41) is 0. The van der Waals surface area contributed by atoms with E-state index in [1.165, 1.54) is 12.1 Å². The van der Waals surface area contributed by atoms with Gasteiger partial charge < -0.3 is 14.6 Å². The van der Waals surface area contributed by atoms with E-state index in [1.54, 1.807) is 29.4 Å². The Morgan fingerprint density at radius 2 is 2.17 bits per heavy atom. The molecule has 0 radical (unpaired) electrons. The first kappa shape index (κ1) is 14.8.